The number of aromatic nitrogens is 2. The Balaban J connectivity index is 1.61. The first-order valence-corrected chi connectivity index (χ1v) is 13.9. The second-order valence-electron chi connectivity index (χ2n) is 8.43. The molecule has 5 N–H and O–H groups in total. The van der Waals surface area contributed by atoms with Crippen LogP contribution in [-0.4, -0.2) is 93.3 Å². The van der Waals surface area contributed by atoms with Crippen molar-refractivity contribution in [3.05, 3.63) is 32.6 Å². The molecule has 3 heterocycles. The summed E-state index contributed by atoms with van der Waals surface area (Å²) in [6, 6.07) is 0. The standard InChI is InChI=1S/C18H30N2O15P2/c1-8-6-20(18(24)19-16(8)23)12-5-10(21)11(33-12)7-31-36(25,26)35-37(27,28)34-17-15(30-4)14(29-3)13(22)9(2)32-17/h6,9-15,17,21-22H,5,7H2,1-4H3,(H,25,26)(H,27,28)(H,19,23,24)/t9-,10+,11-,12-,13-,14-,15-,17-/m1/s1. The number of H-pyrrole nitrogens is 1. The first-order valence-electron chi connectivity index (χ1n) is 10.9. The third-order valence-corrected chi connectivity index (χ3v) is 8.41. The number of nitrogens with one attached hydrogen (secondary N) is 1. The molecule has 19 heteroatoms. The third-order valence-electron chi connectivity index (χ3n) is 5.81. The van der Waals surface area contributed by atoms with Crippen molar-refractivity contribution in [2.75, 3.05) is 20.8 Å². The van der Waals surface area contributed by atoms with Gasteiger partial charge in [-0.1, -0.05) is 0 Å². The van der Waals surface area contributed by atoms with E-state index in [2.05, 4.69) is 9.29 Å². The number of ether oxygens (including phenoxy) is 4. The molecule has 17 nitrogen and oxygen atoms in total. The second-order valence-corrected chi connectivity index (χ2v) is 11.4. The first kappa shape index (κ1) is 30.2. The summed E-state index contributed by atoms with van der Waals surface area (Å²) < 4.78 is 60.8. The van der Waals surface area contributed by atoms with Crippen LogP contribution < -0.4 is 11.2 Å². The minimum Gasteiger partial charge on any atom is -0.390 e. The number of hydrogen-bond donors (Lipinski definition) is 5. The fourth-order valence-corrected chi connectivity index (χ4v) is 6.05. The van der Waals surface area contributed by atoms with E-state index in [1.807, 2.05) is 0 Å². The molecule has 1 aromatic rings. The summed E-state index contributed by atoms with van der Waals surface area (Å²) in [6.07, 6.45) is -8.39. The lowest BCUT2D eigenvalue weighted by molar-refractivity contribution is -0.281. The number of aromatic amines is 1. The van der Waals surface area contributed by atoms with Gasteiger partial charge in [0, 0.05) is 32.4 Å². The zero-order chi connectivity index (χ0) is 27.7. The van der Waals surface area contributed by atoms with E-state index in [1.54, 1.807) is 0 Å². The molecule has 0 radical (unpaired) electrons. The first-order chi connectivity index (χ1) is 17.2. The molecule has 212 valence electrons. The van der Waals surface area contributed by atoms with Gasteiger partial charge < -0.3 is 38.9 Å². The summed E-state index contributed by atoms with van der Waals surface area (Å²) in [7, 11) is -8.15. The van der Waals surface area contributed by atoms with Crippen LogP contribution in [-0.2, 0) is 41.4 Å². The Morgan fingerprint density at radius 1 is 1.11 bits per heavy atom. The topological polar surface area (TPSA) is 235 Å². The number of methoxy groups -OCH3 is 2. The van der Waals surface area contributed by atoms with Gasteiger partial charge in [0.25, 0.3) is 5.56 Å². The monoisotopic (exact) mass is 576 g/mol. The van der Waals surface area contributed by atoms with E-state index in [1.165, 1.54) is 34.3 Å². The number of nitrogens with zero attached hydrogens (tertiary/aromatic N) is 1. The van der Waals surface area contributed by atoms with Crippen LogP contribution in [0.2, 0.25) is 0 Å². The van der Waals surface area contributed by atoms with E-state index in [0.717, 1.165) is 4.57 Å². The predicted octanol–water partition coefficient (Wildman–Crippen LogP) is -1.12. The molecular formula is C18H30N2O15P2. The summed E-state index contributed by atoms with van der Waals surface area (Å²) in [5, 5.41) is 20.4. The molecule has 0 saturated carbocycles. The van der Waals surface area contributed by atoms with Gasteiger partial charge in [0.15, 0.2) is 6.29 Å². The van der Waals surface area contributed by atoms with E-state index in [4.69, 9.17) is 28.0 Å². The maximum absolute atomic E-state index is 12.4. The Morgan fingerprint density at radius 3 is 2.38 bits per heavy atom. The van der Waals surface area contributed by atoms with Crippen molar-refractivity contribution < 1.29 is 61.4 Å². The number of aliphatic hydroxyl groups is 2. The van der Waals surface area contributed by atoms with Gasteiger partial charge in [0.1, 0.15) is 30.6 Å². The van der Waals surface area contributed by atoms with E-state index >= 15 is 0 Å². The van der Waals surface area contributed by atoms with Crippen molar-refractivity contribution in [1.82, 2.24) is 9.55 Å². The fraction of sp³-hybridized carbons (Fsp3) is 0.778. The van der Waals surface area contributed by atoms with Crippen LogP contribution in [0.25, 0.3) is 0 Å². The number of phosphoric acid groups is 2. The maximum Gasteiger partial charge on any atom is 0.483 e. The van der Waals surface area contributed by atoms with Crippen LogP contribution in [0.5, 0.6) is 0 Å². The SMILES string of the molecule is CO[C@@H]1[C@H](O)[C@@H](C)O[C@H](OP(=O)(O)OP(=O)(O)OC[C@H]2O[C@@H](n3cc(C)c(=O)[nH]c3=O)C[C@@H]2O)[C@@H]1OC. The molecule has 0 aromatic carbocycles. The molecule has 0 spiro atoms. The van der Waals surface area contributed by atoms with Gasteiger partial charge in [-0.15, -0.1) is 0 Å². The van der Waals surface area contributed by atoms with Gasteiger partial charge in [-0.2, -0.15) is 4.31 Å². The largest absolute Gasteiger partial charge is 0.483 e. The minimum atomic E-state index is -5.33. The van der Waals surface area contributed by atoms with Gasteiger partial charge in [-0.05, 0) is 13.8 Å². The average Bonchev–Trinajstić information content (AvgIpc) is 3.16. The number of rotatable bonds is 10. The van der Waals surface area contributed by atoms with E-state index < -0.39 is 82.6 Å². The van der Waals surface area contributed by atoms with Crippen molar-refractivity contribution in [3.63, 3.8) is 0 Å². The van der Waals surface area contributed by atoms with Gasteiger partial charge in [-0.25, -0.2) is 13.9 Å². The van der Waals surface area contributed by atoms with E-state index in [9.17, 15) is 38.7 Å². The smallest absolute Gasteiger partial charge is 0.390 e. The molecule has 10 atom stereocenters. The van der Waals surface area contributed by atoms with Crippen LogP contribution in [0.15, 0.2) is 15.8 Å². The molecule has 2 aliphatic rings. The highest BCUT2D eigenvalue weighted by molar-refractivity contribution is 7.61. The van der Waals surface area contributed by atoms with E-state index in [-0.39, 0.29) is 12.0 Å². The second kappa shape index (κ2) is 11.8. The molecule has 2 saturated heterocycles. The maximum atomic E-state index is 12.4. The molecule has 2 fully saturated rings. The van der Waals surface area contributed by atoms with Crippen LogP contribution in [0, 0.1) is 6.92 Å². The lowest BCUT2D eigenvalue weighted by atomic mass is 10.00. The summed E-state index contributed by atoms with van der Waals surface area (Å²) in [6.45, 7) is 2.11. The molecule has 0 bridgehead atoms. The fourth-order valence-electron chi connectivity index (χ4n) is 3.90. The highest BCUT2D eigenvalue weighted by Gasteiger charge is 2.49. The normalized spacial score (nSPS) is 35.7. The Kier molecular flexibility index (Phi) is 9.68. The predicted molar refractivity (Wildman–Crippen MR) is 120 cm³/mol. The number of aryl methyl sites for hydroxylation is 1. The molecule has 0 amide bonds. The van der Waals surface area contributed by atoms with Crippen LogP contribution in [0.3, 0.4) is 0 Å². The zero-order valence-electron chi connectivity index (χ0n) is 20.2. The zero-order valence-corrected chi connectivity index (χ0v) is 22.0. The highest BCUT2D eigenvalue weighted by Crippen LogP contribution is 2.61. The van der Waals surface area contributed by atoms with E-state index in [0.29, 0.717) is 0 Å². The van der Waals surface area contributed by atoms with Crippen molar-refractivity contribution in [2.45, 2.75) is 69.4 Å². The summed E-state index contributed by atoms with van der Waals surface area (Å²) in [4.78, 5) is 45.7. The summed E-state index contributed by atoms with van der Waals surface area (Å²) in [5.41, 5.74) is -1.17. The van der Waals surface area contributed by atoms with Crippen molar-refractivity contribution >= 4 is 15.6 Å². The minimum absolute atomic E-state index is 0.125. The van der Waals surface area contributed by atoms with Crippen LogP contribution >= 0.6 is 15.6 Å². The van der Waals surface area contributed by atoms with Crippen molar-refractivity contribution in [1.29, 1.82) is 0 Å². The van der Waals surface area contributed by atoms with Gasteiger partial charge in [0.05, 0.1) is 18.8 Å². The molecule has 1 aromatic heterocycles. The third kappa shape index (κ3) is 7.22. The quantitative estimate of drug-likeness (QED) is 0.208. The molecule has 0 aliphatic carbocycles. The number of aliphatic hydroxyl groups excluding tert-OH is 2. The van der Waals surface area contributed by atoms with Crippen LogP contribution in [0.1, 0.15) is 25.1 Å². The van der Waals surface area contributed by atoms with Gasteiger partial charge in [-0.3, -0.25) is 23.4 Å². The highest BCUT2D eigenvalue weighted by atomic mass is 31.3. The molecule has 3 rings (SSSR count). The summed E-state index contributed by atoms with van der Waals surface area (Å²) in [5.74, 6) is 0. The molecule has 2 unspecified atom stereocenters. The Labute approximate surface area is 210 Å². The van der Waals surface area contributed by atoms with Gasteiger partial charge in [0.2, 0.25) is 0 Å². The average molecular weight is 576 g/mol. The summed E-state index contributed by atoms with van der Waals surface area (Å²) >= 11 is 0. The Hall–Kier alpha value is -1.30. The lowest BCUT2D eigenvalue weighted by Gasteiger charge is -2.42. The number of hydrogen-bond acceptors (Lipinski definition) is 13. The Morgan fingerprint density at radius 2 is 1.76 bits per heavy atom. The molecular weight excluding hydrogens is 546 g/mol. The van der Waals surface area contributed by atoms with Crippen molar-refractivity contribution in [3.8, 4) is 0 Å². The van der Waals surface area contributed by atoms with Gasteiger partial charge >= 0.3 is 21.3 Å². The molecule has 2 aliphatic heterocycles. The van der Waals surface area contributed by atoms with Crippen molar-refractivity contribution in [2.24, 2.45) is 0 Å². The molecule has 37 heavy (non-hydrogen) atoms. The number of phosphoric ester groups is 2. The van der Waals surface area contributed by atoms with Crippen LogP contribution in [0.4, 0.5) is 0 Å². The Bertz CT molecular complexity index is 1160. The lowest BCUT2D eigenvalue weighted by Crippen LogP contribution is -2.58.